The molecule has 0 aliphatic carbocycles. The highest BCUT2D eigenvalue weighted by atomic mass is 35.5. The third kappa shape index (κ3) is 3.89. The Morgan fingerprint density at radius 3 is 2.52 bits per heavy atom. The third-order valence-electron chi connectivity index (χ3n) is 3.21. The van der Waals surface area contributed by atoms with Crippen molar-refractivity contribution in [2.75, 3.05) is 12.4 Å². The molecule has 0 aliphatic heterocycles. The van der Waals surface area contributed by atoms with Gasteiger partial charge < -0.3 is 10.6 Å². The van der Waals surface area contributed by atoms with E-state index in [1.165, 1.54) is 18.4 Å². The smallest absolute Gasteiger partial charge is 0.267 e. The van der Waals surface area contributed by atoms with Crippen molar-refractivity contribution in [3.05, 3.63) is 44.4 Å². The molecule has 1 aromatic carbocycles. The minimum atomic E-state index is -0.304. The first-order valence-corrected chi connectivity index (χ1v) is 8.33. The molecule has 0 fully saturated rings. The fourth-order valence-corrected chi connectivity index (χ4v) is 3.14. The number of amides is 2. The predicted octanol–water partition coefficient (Wildman–Crippen LogP) is 3.84. The summed E-state index contributed by atoms with van der Waals surface area (Å²) >= 11 is 7.39. The zero-order valence-electron chi connectivity index (χ0n) is 13.4. The molecular formula is C16H18ClN3O2S. The number of halogens is 1. The molecule has 5 nitrogen and oxygen atoms in total. The number of hydrogen-bond acceptors (Lipinski definition) is 4. The van der Waals surface area contributed by atoms with Crippen LogP contribution in [-0.4, -0.2) is 23.8 Å². The van der Waals surface area contributed by atoms with Crippen LogP contribution in [0.5, 0.6) is 0 Å². The Kier molecular flexibility index (Phi) is 5.38. The summed E-state index contributed by atoms with van der Waals surface area (Å²) in [5.74, 6) is -0.269. The molecule has 2 aromatic rings. The van der Waals surface area contributed by atoms with Crippen LogP contribution in [0.3, 0.4) is 0 Å². The summed E-state index contributed by atoms with van der Waals surface area (Å²) in [6.45, 7) is 5.89. The van der Waals surface area contributed by atoms with Gasteiger partial charge in [-0.1, -0.05) is 25.4 Å². The third-order valence-corrected chi connectivity index (χ3v) is 5.00. The van der Waals surface area contributed by atoms with Gasteiger partial charge in [0.1, 0.15) is 4.88 Å². The van der Waals surface area contributed by atoms with E-state index >= 15 is 0 Å². The lowest BCUT2D eigenvalue weighted by Crippen LogP contribution is -2.19. The number of benzene rings is 1. The highest BCUT2D eigenvalue weighted by molar-refractivity contribution is 7.14. The van der Waals surface area contributed by atoms with Crippen molar-refractivity contribution in [2.24, 2.45) is 0 Å². The Hall–Kier alpha value is -1.92. The van der Waals surface area contributed by atoms with Crippen LogP contribution in [0, 0.1) is 6.92 Å². The zero-order chi connectivity index (χ0) is 17.1. The van der Waals surface area contributed by atoms with E-state index in [1.807, 2.05) is 20.8 Å². The van der Waals surface area contributed by atoms with Crippen molar-refractivity contribution < 1.29 is 9.59 Å². The van der Waals surface area contributed by atoms with Gasteiger partial charge in [-0.05, 0) is 25.1 Å². The fraction of sp³-hybridized carbons (Fsp3) is 0.312. The summed E-state index contributed by atoms with van der Waals surface area (Å²) < 4.78 is 0. The van der Waals surface area contributed by atoms with Crippen LogP contribution in [0.25, 0.3) is 0 Å². The molecule has 0 atom stereocenters. The van der Waals surface area contributed by atoms with Crippen LogP contribution >= 0.6 is 22.9 Å². The van der Waals surface area contributed by atoms with Gasteiger partial charge in [0.25, 0.3) is 11.8 Å². The molecule has 0 aliphatic rings. The van der Waals surface area contributed by atoms with Crippen LogP contribution in [0.4, 0.5) is 5.69 Å². The first kappa shape index (κ1) is 17.4. The SMILES string of the molecule is CNC(=O)c1cc(NC(=O)c2sc(C(C)C)nc2C)ccc1Cl. The molecule has 0 saturated carbocycles. The highest BCUT2D eigenvalue weighted by Gasteiger charge is 2.18. The van der Waals surface area contributed by atoms with Gasteiger partial charge in [0.15, 0.2) is 0 Å². The number of nitrogens with zero attached hydrogens (tertiary/aromatic N) is 1. The molecule has 0 radical (unpaired) electrons. The number of aryl methyl sites for hydroxylation is 1. The second-order valence-electron chi connectivity index (χ2n) is 5.35. The highest BCUT2D eigenvalue weighted by Crippen LogP contribution is 2.26. The minimum Gasteiger partial charge on any atom is -0.355 e. The molecule has 0 spiro atoms. The molecular weight excluding hydrogens is 334 g/mol. The summed E-state index contributed by atoms with van der Waals surface area (Å²) in [7, 11) is 1.53. The van der Waals surface area contributed by atoms with E-state index in [9.17, 15) is 9.59 Å². The molecule has 0 unspecified atom stereocenters. The Balaban J connectivity index is 2.25. The lowest BCUT2D eigenvalue weighted by atomic mass is 10.2. The van der Waals surface area contributed by atoms with E-state index in [2.05, 4.69) is 15.6 Å². The van der Waals surface area contributed by atoms with Crippen LogP contribution in [0.15, 0.2) is 18.2 Å². The van der Waals surface area contributed by atoms with Crippen molar-refractivity contribution in [1.29, 1.82) is 0 Å². The van der Waals surface area contributed by atoms with Gasteiger partial charge in [-0.3, -0.25) is 9.59 Å². The van der Waals surface area contributed by atoms with Crippen molar-refractivity contribution in [1.82, 2.24) is 10.3 Å². The number of nitrogens with one attached hydrogen (secondary N) is 2. The van der Waals surface area contributed by atoms with Gasteiger partial charge in [-0.25, -0.2) is 4.98 Å². The summed E-state index contributed by atoms with van der Waals surface area (Å²) in [4.78, 5) is 29.2. The zero-order valence-corrected chi connectivity index (χ0v) is 14.9. The maximum Gasteiger partial charge on any atom is 0.267 e. The maximum atomic E-state index is 12.4. The summed E-state index contributed by atoms with van der Waals surface area (Å²) in [5, 5.41) is 6.56. The molecule has 1 heterocycles. The topological polar surface area (TPSA) is 71.1 Å². The number of rotatable bonds is 4. The number of anilines is 1. The average molecular weight is 352 g/mol. The fourth-order valence-electron chi connectivity index (χ4n) is 1.97. The second kappa shape index (κ2) is 7.10. The van der Waals surface area contributed by atoms with Gasteiger partial charge in [-0.2, -0.15) is 0 Å². The molecule has 2 amide bonds. The standard InChI is InChI=1S/C16H18ClN3O2S/c1-8(2)16-19-9(3)13(23-16)15(22)20-10-5-6-12(17)11(7-10)14(21)18-4/h5-8H,1-4H3,(H,18,21)(H,20,22). The van der Waals surface area contributed by atoms with Gasteiger partial charge in [0, 0.05) is 18.7 Å². The quantitative estimate of drug-likeness (QED) is 0.879. The summed E-state index contributed by atoms with van der Waals surface area (Å²) in [5.41, 5.74) is 1.53. The average Bonchev–Trinajstić information content (AvgIpc) is 2.90. The monoisotopic (exact) mass is 351 g/mol. The molecule has 23 heavy (non-hydrogen) atoms. The lowest BCUT2D eigenvalue weighted by molar-refractivity contribution is 0.0961. The Labute approximate surface area is 144 Å². The Bertz CT molecular complexity index is 756. The van der Waals surface area contributed by atoms with E-state index in [1.54, 1.807) is 18.2 Å². The van der Waals surface area contributed by atoms with Crippen molar-refractivity contribution in [3.63, 3.8) is 0 Å². The molecule has 0 saturated heterocycles. The van der Waals surface area contributed by atoms with Crippen molar-refractivity contribution >= 4 is 40.4 Å². The molecule has 1 aromatic heterocycles. The summed E-state index contributed by atoms with van der Waals surface area (Å²) in [6.07, 6.45) is 0. The first-order valence-electron chi connectivity index (χ1n) is 7.13. The minimum absolute atomic E-state index is 0.239. The van der Waals surface area contributed by atoms with Gasteiger partial charge in [0.05, 0.1) is 21.3 Å². The van der Waals surface area contributed by atoms with Crippen LogP contribution in [0.2, 0.25) is 5.02 Å². The molecule has 2 N–H and O–H groups in total. The van der Waals surface area contributed by atoms with E-state index < -0.39 is 0 Å². The first-order chi connectivity index (χ1) is 10.8. The lowest BCUT2D eigenvalue weighted by Gasteiger charge is -2.08. The maximum absolute atomic E-state index is 12.4. The number of hydrogen-bond donors (Lipinski definition) is 2. The molecule has 2 rings (SSSR count). The Morgan fingerprint density at radius 1 is 1.26 bits per heavy atom. The largest absolute Gasteiger partial charge is 0.355 e. The van der Waals surface area contributed by atoms with Crippen molar-refractivity contribution in [3.8, 4) is 0 Å². The second-order valence-corrected chi connectivity index (χ2v) is 6.79. The van der Waals surface area contributed by atoms with Gasteiger partial charge >= 0.3 is 0 Å². The van der Waals surface area contributed by atoms with Crippen LogP contribution in [-0.2, 0) is 0 Å². The normalized spacial score (nSPS) is 10.7. The number of thiazole rings is 1. The summed E-state index contributed by atoms with van der Waals surface area (Å²) in [6, 6.07) is 4.80. The van der Waals surface area contributed by atoms with E-state index in [4.69, 9.17) is 11.6 Å². The van der Waals surface area contributed by atoms with E-state index in [-0.39, 0.29) is 17.7 Å². The molecule has 122 valence electrons. The van der Waals surface area contributed by atoms with Crippen LogP contribution in [0.1, 0.15) is 50.5 Å². The number of aromatic nitrogens is 1. The van der Waals surface area contributed by atoms with Crippen molar-refractivity contribution in [2.45, 2.75) is 26.7 Å². The molecule has 7 heteroatoms. The van der Waals surface area contributed by atoms with E-state index in [0.717, 1.165) is 5.01 Å². The Morgan fingerprint density at radius 2 is 1.96 bits per heavy atom. The van der Waals surface area contributed by atoms with Crippen LogP contribution < -0.4 is 10.6 Å². The molecule has 0 bridgehead atoms. The number of carbonyl (C=O) groups is 2. The van der Waals surface area contributed by atoms with Gasteiger partial charge in [-0.15, -0.1) is 11.3 Å². The van der Waals surface area contributed by atoms with E-state index in [0.29, 0.717) is 26.8 Å². The number of carbonyl (C=O) groups excluding carboxylic acids is 2. The van der Waals surface area contributed by atoms with Gasteiger partial charge in [0.2, 0.25) is 0 Å². The predicted molar refractivity (Wildman–Crippen MR) is 93.7 cm³/mol.